The highest BCUT2D eigenvalue weighted by molar-refractivity contribution is 9.10. The summed E-state index contributed by atoms with van der Waals surface area (Å²) in [7, 11) is 0. The van der Waals surface area contributed by atoms with Crippen molar-refractivity contribution < 1.29 is 9.72 Å². The zero-order valence-corrected chi connectivity index (χ0v) is 13.0. The van der Waals surface area contributed by atoms with E-state index in [-0.39, 0.29) is 22.4 Å². The zero-order valence-electron chi connectivity index (χ0n) is 10.6. The van der Waals surface area contributed by atoms with Crippen LogP contribution in [0.1, 0.15) is 13.8 Å². The number of rotatable bonds is 6. The minimum atomic E-state index is -0.498. The molecular weight excluding hydrogens is 334 g/mol. The largest absolute Gasteiger partial charge is 0.343 e. The number of nitro groups is 1. The van der Waals surface area contributed by atoms with Gasteiger partial charge in [0.15, 0.2) is 5.03 Å². The minimum absolute atomic E-state index is 0.0472. The van der Waals surface area contributed by atoms with Crippen LogP contribution in [-0.2, 0) is 4.79 Å². The second-order valence-corrected chi connectivity index (χ2v) is 5.47. The zero-order chi connectivity index (χ0) is 14.4. The van der Waals surface area contributed by atoms with Crippen molar-refractivity contribution >= 4 is 39.3 Å². The van der Waals surface area contributed by atoms with Gasteiger partial charge in [-0.2, -0.15) is 0 Å². The van der Waals surface area contributed by atoms with Gasteiger partial charge in [-0.15, -0.1) is 0 Å². The first-order valence-corrected chi connectivity index (χ1v) is 7.47. The van der Waals surface area contributed by atoms with Gasteiger partial charge in [0.05, 0.1) is 10.7 Å². The summed E-state index contributed by atoms with van der Waals surface area (Å²) in [6, 6.07) is 1.39. The van der Waals surface area contributed by atoms with Crippen molar-refractivity contribution in [1.82, 2.24) is 9.88 Å². The third-order valence-electron chi connectivity index (χ3n) is 2.44. The average Bonchev–Trinajstić information content (AvgIpc) is 2.38. The van der Waals surface area contributed by atoms with Crippen molar-refractivity contribution in [2.75, 3.05) is 18.8 Å². The molecule has 0 N–H and O–H groups in total. The summed E-state index contributed by atoms with van der Waals surface area (Å²) in [6.07, 6.45) is 1.48. The number of carbonyl (C=O) groups is 1. The highest BCUT2D eigenvalue weighted by Crippen LogP contribution is 2.29. The van der Waals surface area contributed by atoms with Crippen LogP contribution in [0.25, 0.3) is 0 Å². The Hall–Kier alpha value is -1.15. The molecule has 0 unspecified atom stereocenters. The quantitative estimate of drug-likeness (QED) is 0.449. The highest BCUT2D eigenvalue weighted by atomic mass is 79.9. The second-order valence-electron chi connectivity index (χ2n) is 3.59. The number of aromatic nitrogens is 1. The first-order valence-electron chi connectivity index (χ1n) is 5.70. The van der Waals surface area contributed by atoms with Gasteiger partial charge in [-0.1, -0.05) is 11.8 Å². The maximum Gasteiger partial charge on any atom is 0.302 e. The van der Waals surface area contributed by atoms with Gasteiger partial charge in [0.1, 0.15) is 0 Å². The predicted molar refractivity (Wildman–Crippen MR) is 77.2 cm³/mol. The van der Waals surface area contributed by atoms with E-state index in [1.54, 1.807) is 4.90 Å². The third kappa shape index (κ3) is 4.46. The van der Waals surface area contributed by atoms with E-state index in [0.29, 0.717) is 17.6 Å². The molecule has 0 aromatic carbocycles. The SMILES string of the molecule is CCN(CC)C(=O)CSc1ncc(Br)cc1[N+](=O)[O-]. The van der Waals surface area contributed by atoms with Gasteiger partial charge in [0.2, 0.25) is 5.91 Å². The summed E-state index contributed by atoms with van der Waals surface area (Å²) in [5.74, 6) is 0.103. The molecule has 1 amide bonds. The summed E-state index contributed by atoms with van der Waals surface area (Å²) in [5, 5.41) is 11.2. The van der Waals surface area contributed by atoms with Crippen molar-refractivity contribution in [2.24, 2.45) is 0 Å². The maximum absolute atomic E-state index is 11.8. The van der Waals surface area contributed by atoms with Crippen LogP contribution in [0.15, 0.2) is 21.8 Å². The number of thioether (sulfide) groups is 1. The predicted octanol–water partition coefficient (Wildman–Crippen LogP) is 2.71. The molecule has 0 spiro atoms. The normalized spacial score (nSPS) is 10.3. The molecule has 0 saturated carbocycles. The smallest absolute Gasteiger partial charge is 0.302 e. The number of nitrogens with zero attached hydrogens (tertiary/aromatic N) is 3. The van der Waals surface area contributed by atoms with Gasteiger partial charge in [-0.25, -0.2) is 4.98 Å². The average molecular weight is 348 g/mol. The molecule has 0 bridgehead atoms. The number of hydrogen-bond acceptors (Lipinski definition) is 5. The Labute approximate surface area is 123 Å². The van der Waals surface area contributed by atoms with Crippen LogP contribution < -0.4 is 0 Å². The summed E-state index contributed by atoms with van der Waals surface area (Å²) in [6.45, 7) is 5.05. The van der Waals surface area contributed by atoms with Gasteiger partial charge < -0.3 is 4.90 Å². The van der Waals surface area contributed by atoms with Crippen LogP contribution in [0.2, 0.25) is 0 Å². The molecule has 1 aromatic rings. The summed E-state index contributed by atoms with van der Waals surface area (Å²) >= 11 is 4.23. The first kappa shape index (κ1) is 15.9. The van der Waals surface area contributed by atoms with Gasteiger partial charge in [-0.05, 0) is 29.8 Å². The molecular formula is C11H14BrN3O3S. The minimum Gasteiger partial charge on any atom is -0.343 e. The van der Waals surface area contributed by atoms with Gasteiger partial charge in [-0.3, -0.25) is 14.9 Å². The lowest BCUT2D eigenvalue weighted by atomic mass is 10.4. The summed E-state index contributed by atoms with van der Waals surface area (Å²) in [5.41, 5.74) is -0.0910. The van der Waals surface area contributed by atoms with E-state index in [2.05, 4.69) is 20.9 Å². The molecule has 1 rings (SSSR count). The van der Waals surface area contributed by atoms with Gasteiger partial charge in [0, 0.05) is 29.8 Å². The fraction of sp³-hybridized carbons (Fsp3) is 0.455. The molecule has 104 valence electrons. The monoisotopic (exact) mass is 347 g/mol. The van der Waals surface area contributed by atoms with E-state index < -0.39 is 4.92 Å². The third-order valence-corrected chi connectivity index (χ3v) is 3.86. The molecule has 1 aromatic heterocycles. The standard InChI is InChI=1S/C11H14BrN3O3S/c1-3-14(4-2)10(16)7-19-11-9(15(17)18)5-8(12)6-13-11/h5-6H,3-4,7H2,1-2H3. The van der Waals surface area contributed by atoms with Crippen molar-refractivity contribution in [1.29, 1.82) is 0 Å². The lowest BCUT2D eigenvalue weighted by Crippen LogP contribution is -2.31. The Morgan fingerprint density at radius 1 is 1.53 bits per heavy atom. The number of halogens is 1. The van der Waals surface area contributed by atoms with Crippen LogP contribution in [-0.4, -0.2) is 39.6 Å². The molecule has 0 radical (unpaired) electrons. The van der Waals surface area contributed by atoms with Gasteiger partial charge >= 0.3 is 5.69 Å². The van der Waals surface area contributed by atoms with E-state index >= 15 is 0 Å². The first-order chi connectivity index (χ1) is 8.99. The molecule has 0 aliphatic rings. The van der Waals surface area contributed by atoms with Crippen LogP contribution in [0.5, 0.6) is 0 Å². The molecule has 1 heterocycles. The Morgan fingerprint density at radius 2 is 2.16 bits per heavy atom. The van der Waals surface area contributed by atoms with E-state index in [1.165, 1.54) is 12.3 Å². The van der Waals surface area contributed by atoms with Crippen molar-refractivity contribution in [2.45, 2.75) is 18.9 Å². The Bertz CT molecular complexity index is 480. The Morgan fingerprint density at radius 3 is 2.68 bits per heavy atom. The van der Waals surface area contributed by atoms with Crippen LogP contribution in [0, 0.1) is 10.1 Å². The fourth-order valence-electron chi connectivity index (χ4n) is 1.46. The van der Waals surface area contributed by atoms with Gasteiger partial charge in [0.25, 0.3) is 0 Å². The van der Waals surface area contributed by atoms with E-state index in [9.17, 15) is 14.9 Å². The Kier molecular flexibility index (Phi) is 6.23. The molecule has 6 nitrogen and oxygen atoms in total. The second kappa shape index (κ2) is 7.44. The van der Waals surface area contributed by atoms with Crippen LogP contribution in [0.4, 0.5) is 5.69 Å². The van der Waals surface area contributed by atoms with E-state index in [4.69, 9.17) is 0 Å². The molecule has 0 aliphatic carbocycles. The van der Waals surface area contributed by atoms with Crippen LogP contribution in [0.3, 0.4) is 0 Å². The molecule has 0 fully saturated rings. The summed E-state index contributed by atoms with van der Waals surface area (Å²) < 4.78 is 0.540. The molecule has 0 aliphatic heterocycles. The molecule has 19 heavy (non-hydrogen) atoms. The van der Waals surface area contributed by atoms with Crippen LogP contribution >= 0.6 is 27.7 Å². The lowest BCUT2D eigenvalue weighted by Gasteiger charge is -2.17. The molecule has 8 heteroatoms. The van der Waals surface area contributed by atoms with Crippen molar-refractivity contribution in [3.63, 3.8) is 0 Å². The van der Waals surface area contributed by atoms with Crippen molar-refractivity contribution in [3.8, 4) is 0 Å². The van der Waals surface area contributed by atoms with E-state index in [0.717, 1.165) is 11.8 Å². The van der Waals surface area contributed by atoms with Crippen molar-refractivity contribution in [3.05, 3.63) is 26.9 Å². The fourth-order valence-corrected chi connectivity index (χ4v) is 2.63. The molecule has 0 atom stereocenters. The number of carbonyl (C=O) groups excluding carboxylic acids is 1. The lowest BCUT2D eigenvalue weighted by molar-refractivity contribution is -0.388. The maximum atomic E-state index is 11.8. The topological polar surface area (TPSA) is 76.3 Å². The Balaban J connectivity index is 2.78. The summed E-state index contributed by atoms with van der Waals surface area (Å²) in [4.78, 5) is 27.9. The number of pyridine rings is 1. The number of hydrogen-bond donors (Lipinski definition) is 0. The number of amides is 1. The molecule has 0 saturated heterocycles. The van der Waals surface area contributed by atoms with E-state index in [1.807, 2.05) is 13.8 Å². The highest BCUT2D eigenvalue weighted by Gasteiger charge is 2.18.